The van der Waals surface area contributed by atoms with Gasteiger partial charge in [0.2, 0.25) is 0 Å². The maximum absolute atomic E-state index is 6.05. The summed E-state index contributed by atoms with van der Waals surface area (Å²) in [5.74, 6) is 0.904. The van der Waals surface area contributed by atoms with Gasteiger partial charge in [-0.3, -0.25) is 4.90 Å². The molecule has 0 amide bonds. The van der Waals surface area contributed by atoms with Gasteiger partial charge in [0.25, 0.3) is 0 Å². The summed E-state index contributed by atoms with van der Waals surface area (Å²) >= 11 is 12.0. The molecular formula is C14H16Cl2N2O. The van der Waals surface area contributed by atoms with Gasteiger partial charge in [0.15, 0.2) is 0 Å². The average Bonchev–Trinajstić information content (AvgIpc) is 2.87. The second-order valence-electron chi connectivity index (χ2n) is 4.42. The van der Waals surface area contributed by atoms with Crippen molar-refractivity contribution in [2.24, 2.45) is 5.73 Å². The van der Waals surface area contributed by atoms with E-state index in [0.717, 1.165) is 11.3 Å². The highest BCUT2D eigenvalue weighted by atomic mass is 35.5. The lowest BCUT2D eigenvalue weighted by atomic mass is 10.1. The number of hydrogen-bond acceptors (Lipinski definition) is 3. The van der Waals surface area contributed by atoms with Crippen LogP contribution in [0.5, 0.6) is 0 Å². The first-order valence-corrected chi connectivity index (χ1v) is 6.75. The number of furan rings is 1. The van der Waals surface area contributed by atoms with Gasteiger partial charge in [0.1, 0.15) is 5.76 Å². The lowest BCUT2D eigenvalue weighted by Gasteiger charge is -2.26. The Balaban J connectivity index is 2.16. The molecule has 19 heavy (non-hydrogen) atoms. The van der Waals surface area contributed by atoms with Crippen LogP contribution in [-0.4, -0.2) is 18.5 Å². The normalized spacial score (nSPS) is 12.9. The van der Waals surface area contributed by atoms with Crippen LogP contribution < -0.4 is 5.73 Å². The van der Waals surface area contributed by atoms with Crippen LogP contribution in [0.2, 0.25) is 10.0 Å². The lowest BCUT2D eigenvalue weighted by molar-refractivity contribution is 0.223. The summed E-state index contributed by atoms with van der Waals surface area (Å²) in [7, 11) is 2.00. The van der Waals surface area contributed by atoms with Crippen LogP contribution in [0.4, 0.5) is 0 Å². The molecule has 0 spiro atoms. The van der Waals surface area contributed by atoms with E-state index in [1.54, 1.807) is 12.3 Å². The third-order valence-corrected chi connectivity index (χ3v) is 3.81. The summed E-state index contributed by atoms with van der Waals surface area (Å²) in [5.41, 5.74) is 6.92. The minimum Gasteiger partial charge on any atom is -0.468 e. The third kappa shape index (κ3) is 3.51. The van der Waals surface area contributed by atoms with Crippen molar-refractivity contribution >= 4 is 23.2 Å². The molecule has 5 heteroatoms. The van der Waals surface area contributed by atoms with Gasteiger partial charge in [-0.1, -0.05) is 29.3 Å². The molecule has 0 aliphatic carbocycles. The molecule has 102 valence electrons. The summed E-state index contributed by atoms with van der Waals surface area (Å²) in [6.07, 6.45) is 1.67. The van der Waals surface area contributed by atoms with E-state index in [1.807, 2.05) is 31.3 Å². The van der Waals surface area contributed by atoms with Gasteiger partial charge in [0.05, 0.1) is 22.9 Å². The Kier molecular flexibility index (Phi) is 4.88. The maximum Gasteiger partial charge on any atom is 0.117 e. The van der Waals surface area contributed by atoms with Crippen LogP contribution in [0.15, 0.2) is 41.0 Å². The van der Waals surface area contributed by atoms with Crippen molar-refractivity contribution < 1.29 is 4.42 Å². The Morgan fingerprint density at radius 3 is 2.63 bits per heavy atom. The van der Waals surface area contributed by atoms with E-state index in [0.29, 0.717) is 23.1 Å². The molecule has 0 saturated heterocycles. The van der Waals surface area contributed by atoms with Crippen molar-refractivity contribution in [1.82, 2.24) is 4.90 Å². The van der Waals surface area contributed by atoms with E-state index in [4.69, 9.17) is 33.4 Å². The molecule has 0 fully saturated rings. The Labute approximate surface area is 122 Å². The fraction of sp³-hybridized carbons (Fsp3) is 0.286. The first-order valence-electron chi connectivity index (χ1n) is 5.99. The zero-order valence-corrected chi connectivity index (χ0v) is 12.2. The maximum atomic E-state index is 6.05. The van der Waals surface area contributed by atoms with E-state index < -0.39 is 0 Å². The molecule has 0 saturated carbocycles. The molecule has 3 nitrogen and oxygen atoms in total. The summed E-state index contributed by atoms with van der Waals surface area (Å²) in [5, 5.41) is 1.10. The van der Waals surface area contributed by atoms with Crippen molar-refractivity contribution in [3.8, 4) is 0 Å². The summed E-state index contributed by atoms with van der Waals surface area (Å²) in [6, 6.07) is 9.49. The smallest absolute Gasteiger partial charge is 0.117 e. The van der Waals surface area contributed by atoms with E-state index in [9.17, 15) is 0 Å². The minimum atomic E-state index is 0.0693. The number of halogens is 2. The lowest BCUT2D eigenvalue weighted by Crippen LogP contribution is -2.30. The third-order valence-electron chi connectivity index (χ3n) is 3.07. The van der Waals surface area contributed by atoms with Crippen molar-refractivity contribution in [3.05, 3.63) is 58.0 Å². The van der Waals surface area contributed by atoms with E-state index in [1.165, 1.54) is 0 Å². The Morgan fingerprint density at radius 2 is 2.05 bits per heavy atom. The van der Waals surface area contributed by atoms with Crippen molar-refractivity contribution in [2.75, 3.05) is 13.6 Å². The average molecular weight is 299 g/mol. The molecule has 0 bridgehead atoms. The van der Waals surface area contributed by atoms with Gasteiger partial charge in [-0.2, -0.15) is 0 Å². The van der Waals surface area contributed by atoms with E-state index >= 15 is 0 Å². The minimum absolute atomic E-state index is 0.0693. The number of rotatable bonds is 5. The van der Waals surface area contributed by atoms with Crippen LogP contribution in [0.1, 0.15) is 17.4 Å². The highest BCUT2D eigenvalue weighted by molar-refractivity contribution is 6.42. The van der Waals surface area contributed by atoms with Gasteiger partial charge in [-0.25, -0.2) is 0 Å². The van der Waals surface area contributed by atoms with Crippen molar-refractivity contribution in [2.45, 2.75) is 12.6 Å². The molecule has 1 unspecified atom stereocenters. The highest BCUT2D eigenvalue weighted by Gasteiger charge is 2.17. The molecule has 1 aromatic heterocycles. The fourth-order valence-corrected chi connectivity index (χ4v) is 2.36. The molecule has 0 aliphatic rings. The predicted octanol–water partition coefficient (Wildman–Crippen LogP) is 3.72. The van der Waals surface area contributed by atoms with Gasteiger partial charge >= 0.3 is 0 Å². The van der Waals surface area contributed by atoms with Crippen LogP contribution >= 0.6 is 23.2 Å². The molecule has 2 rings (SSSR count). The number of nitrogens with zero attached hydrogens (tertiary/aromatic N) is 1. The van der Waals surface area contributed by atoms with Crippen LogP contribution in [-0.2, 0) is 6.54 Å². The number of benzene rings is 1. The summed E-state index contributed by atoms with van der Waals surface area (Å²) in [4.78, 5) is 2.12. The number of likely N-dealkylation sites (N-methyl/N-ethyl adjacent to an activating group) is 1. The molecular weight excluding hydrogens is 283 g/mol. The summed E-state index contributed by atoms with van der Waals surface area (Å²) < 4.78 is 5.35. The molecule has 0 radical (unpaired) electrons. The zero-order chi connectivity index (χ0) is 13.8. The molecule has 2 N–H and O–H groups in total. The molecule has 1 heterocycles. The Hall–Kier alpha value is -1.000. The standard InChI is InChI=1S/C14H16Cl2N2O/c1-18(9-11-3-2-6-19-11)14(8-17)10-4-5-12(15)13(16)7-10/h2-7,14H,8-9,17H2,1H3. The monoisotopic (exact) mass is 298 g/mol. The molecule has 2 aromatic rings. The molecule has 0 aliphatic heterocycles. The van der Waals surface area contributed by atoms with Crippen LogP contribution in [0.3, 0.4) is 0 Å². The van der Waals surface area contributed by atoms with Gasteiger partial charge < -0.3 is 10.2 Å². The zero-order valence-electron chi connectivity index (χ0n) is 10.6. The van der Waals surface area contributed by atoms with Crippen molar-refractivity contribution in [3.63, 3.8) is 0 Å². The van der Waals surface area contributed by atoms with E-state index in [-0.39, 0.29) is 6.04 Å². The van der Waals surface area contributed by atoms with Gasteiger partial charge in [-0.15, -0.1) is 0 Å². The fourth-order valence-electron chi connectivity index (χ4n) is 2.05. The van der Waals surface area contributed by atoms with Gasteiger partial charge in [-0.05, 0) is 36.9 Å². The predicted molar refractivity (Wildman–Crippen MR) is 78.4 cm³/mol. The molecule has 1 atom stereocenters. The molecule has 1 aromatic carbocycles. The van der Waals surface area contributed by atoms with Gasteiger partial charge in [0, 0.05) is 12.6 Å². The van der Waals surface area contributed by atoms with Crippen LogP contribution in [0.25, 0.3) is 0 Å². The SMILES string of the molecule is CN(Cc1ccco1)C(CN)c1ccc(Cl)c(Cl)c1. The Bertz CT molecular complexity index is 528. The second kappa shape index (κ2) is 6.44. The number of nitrogens with two attached hydrogens (primary N) is 1. The first kappa shape index (κ1) is 14.4. The number of hydrogen-bond donors (Lipinski definition) is 1. The quantitative estimate of drug-likeness (QED) is 0.915. The first-order chi connectivity index (χ1) is 9.11. The highest BCUT2D eigenvalue weighted by Crippen LogP contribution is 2.28. The van der Waals surface area contributed by atoms with Crippen molar-refractivity contribution in [1.29, 1.82) is 0 Å². The van der Waals surface area contributed by atoms with Crippen LogP contribution in [0, 0.1) is 0 Å². The second-order valence-corrected chi connectivity index (χ2v) is 5.23. The largest absolute Gasteiger partial charge is 0.468 e. The topological polar surface area (TPSA) is 42.4 Å². The van der Waals surface area contributed by atoms with E-state index in [2.05, 4.69) is 4.90 Å². The Morgan fingerprint density at radius 1 is 1.26 bits per heavy atom. The summed E-state index contributed by atoms with van der Waals surface area (Å²) in [6.45, 7) is 1.18.